The second-order valence-electron chi connectivity index (χ2n) is 2.41. The van der Waals surface area contributed by atoms with Crippen molar-refractivity contribution in [2.75, 3.05) is 0 Å². The molecule has 0 spiro atoms. The van der Waals surface area contributed by atoms with E-state index in [1.807, 2.05) is 30.3 Å². The van der Waals surface area contributed by atoms with Crippen LogP contribution in [-0.4, -0.2) is 15.3 Å². The molecule has 0 atom stereocenters. The number of hydrogen-bond donors (Lipinski definition) is 1. The van der Waals surface area contributed by atoms with Gasteiger partial charge in [0.2, 0.25) is 0 Å². The van der Waals surface area contributed by atoms with E-state index < -0.39 is 5.97 Å². The van der Waals surface area contributed by atoms with Gasteiger partial charge in [0.05, 0.1) is 4.20 Å². The van der Waals surface area contributed by atoms with Gasteiger partial charge in [0.1, 0.15) is 0 Å². The molecule has 0 saturated carbocycles. The maximum Gasteiger partial charge on any atom is 0.328 e. The van der Waals surface area contributed by atoms with Crippen LogP contribution in [0.5, 0.6) is 0 Å². The van der Waals surface area contributed by atoms with Crippen LogP contribution in [0.1, 0.15) is 0 Å². The summed E-state index contributed by atoms with van der Waals surface area (Å²) >= 11 is 6.33. The Morgan fingerprint density at radius 1 is 1.29 bits per heavy atom. The monoisotopic (exact) mass is 224 g/mol. The van der Waals surface area contributed by atoms with Crippen LogP contribution in [0.4, 0.5) is 0 Å². The van der Waals surface area contributed by atoms with Crippen molar-refractivity contribution in [1.82, 2.24) is 0 Å². The zero-order chi connectivity index (χ0) is 10.4. The minimum absolute atomic E-state index is 0.540. The Morgan fingerprint density at radius 3 is 2.50 bits per heavy atom. The van der Waals surface area contributed by atoms with Crippen molar-refractivity contribution in [2.45, 2.75) is 4.90 Å². The average Bonchev–Trinajstić information content (AvgIpc) is 2.16. The Hall–Kier alpha value is -1.13. The van der Waals surface area contributed by atoms with Crippen molar-refractivity contribution in [1.29, 1.82) is 0 Å². The standard InChI is InChI=1S/C10H8O2S2/c11-9(12)6-7-10(13)14-8-4-2-1-3-5-8/h1-7H,(H,11,12). The highest BCUT2D eigenvalue weighted by atomic mass is 32.2. The third kappa shape index (κ3) is 4.20. The van der Waals surface area contributed by atoms with Gasteiger partial charge in [-0.3, -0.25) is 0 Å². The molecule has 0 aliphatic carbocycles. The first-order valence-corrected chi connectivity index (χ1v) is 5.09. The van der Waals surface area contributed by atoms with E-state index >= 15 is 0 Å². The number of hydrogen-bond acceptors (Lipinski definition) is 3. The van der Waals surface area contributed by atoms with E-state index in [2.05, 4.69) is 0 Å². The van der Waals surface area contributed by atoms with E-state index in [1.165, 1.54) is 17.8 Å². The van der Waals surface area contributed by atoms with Crippen LogP contribution in [0.25, 0.3) is 0 Å². The van der Waals surface area contributed by atoms with E-state index in [1.54, 1.807) is 0 Å². The lowest BCUT2D eigenvalue weighted by Gasteiger charge is -1.96. The van der Waals surface area contributed by atoms with E-state index in [4.69, 9.17) is 17.3 Å². The number of thioether (sulfide) groups is 1. The molecule has 0 saturated heterocycles. The molecule has 0 bridgehead atoms. The molecular weight excluding hydrogens is 216 g/mol. The number of carboxylic acids is 1. The van der Waals surface area contributed by atoms with E-state index in [0.29, 0.717) is 4.20 Å². The van der Waals surface area contributed by atoms with Crippen molar-refractivity contribution in [3.8, 4) is 0 Å². The van der Waals surface area contributed by atoms with Crippen LogP contribution in [0.3, 0.4) is 0 Å². The third-order valence-corrected chi connectivity index (χ3v) is 2.55. The molecule has 0 unspecified atom stereocenters. The van der Waals surface area contributed by atoms with Crippen LogP contribution in [0.15, 0.2) is 47.4 Å². The van der Waals surface area contributed by atoms with Crippen molar-refractivity contribution in [3.63, 3.8) is 0 Å². The lowest BCUT2D eigenvalue weighted by Crippen LogP contribution is -1.89. The van der Waals surface area contributed by atoms with Gasteiger partial charge in [0, 0.05) is 11.0 Å². The van der Waals surface area contributed by atoms with Crippen molar-refractivity contribution >= 4 is 34.1 Å². The van der Waals surface area contributed by atoms with Crippen LogP contribution in [-0.2, 0) is 4.79 Å². The summed E-state index contributed by atoms with van der Waals surface area (Å²) in [6, 6.07) is 9.58. The minimum atomic E-state index is -0.985. The van der Waals surface area contributed by atoms with Gasteiger partial charge in [0.25, 0.3) is 0 Å². The fourth-order valence-corrected chi connectivity index (χ4v) is 1.80. The Morgan fingerprint density at radius 2 is 1.93 bits per heavy atom. The molecule has 0 aromatic heterocycles. The van der Waals surface area contributed by atoms with Gasteiger partial charge in [-0.25, -0.2) is 4.79 Å². The number of thiocarbonyl (C=S) groups is 1. The molecule has 0 heterocycles. The molecule has 1 N–H and O–H groups in total. The molecule has 1 rings (SSSR count). The molecular formula is C10H8O2S2. The number of aliphatic carboxylic acids is 1. The van der Waals surface area contributed by atoms with Crippen LogP contribution < -0.4 is 0 Å². The van der Waals surface area contributed by atoms with Gasteiger partial charge in [0.15, 0.2) is 0 Å². The van der Waals surface area contributed by atoms with Gasteiger partial charge in [-0.15, -0.1) is 0 Å². The topological polar surface area (TPSA) is 37.3 Å². The van der Waals surface area contributed by atoms with Crippen LogP contribution >= 0.6 is 24.0 Å². The Bertz CT molecular complexity index is 358. The molecule has 2 nitrogen and oxygen atoms in total. The molecule has 0 aliphatic rings. The highest BCUT2D eigenvalue weighted by Gasteiger charge is 1.96. The number of benzene rings is 1. The summed E-state index contributed by atoms with van der Waals surface area (Å²) < 4.78 is 0.540. The van der Waals surface area contributed by atoms with Crippen LogP contribution in [0, 0.1) is 0 Å². The molecule has 0 aliphatic heterocycles. The van der Waals surface area contributed by atoms with Crippen molar-refractivity contribution < 1.29 is 9.90 Å². The van der Waals surface area contributed by atoms with Gasteiger partial charge < -0.3 is 5.11 Å². The highest BCUT2D eigenvalue weighted by Crippen LogP contribution is 2.19. The van der Waals surface area contributed by atoms with Crippen molar-refractivity contribution in [3.05, 3.63) is 42.5 Å². The fraction of sp³-hybridized carbons (Fsp3) is 0. The first-order valence-electron chi connectivity index (χ1n) is 3.86. The summed E-state index contributed by atoms with van der Waals surface area (Å²) in [5.41, 5.74) is 0. The molecule has 14 heavy (non-hydrogen) atoms. The lowest BCUT2D eigenvalue weighted by molar-refractivity contribution is -0.131. The summed E-state index contributed by atoms with van der Waals surface area (Å²) in [5.74, 6) is -0.985. The predicted molar refractivity (Wildman–Crippen MR) is 61.7 cm³/mol. The Kier molecular flexibility index (Phi) is 4.35. The van der Waals surface area contributed by atoms with Gasteiger partial charge in [-0.2, -0.15) is 0 Å². The van der Waals surface area contributed by atoms with E-state index in [9.17, 15) is 4.79 Å². The molecule has 72 valence electrons. The summed E-state index contributed by atoms with van der Waals surface area (Å²) in [6.45, 7) is 0. The molecule has 0 radical (unpaired) electrons. The van der Waals surface area contributed by atoms with Crippen LogP contribution in [0.2, 0.25) is 0 Å². The molecule has 1 aromatic carbocycles. The molecule has 0 fully saturated rings. The quantitative estimate of drug-likeness (QED) is 0.486. The summed E-state index contributed by atoms with van der Waals surface area (Å²) in [6.07, 6.45) is 2.45. The second-order valence-corrected chi connectivity index (χ2v) is 4.22. The SMILES string of the molecule is O=C(O)C=CC(=S)Sc1ccccc1. The average molecular weight is 224 g/mol. The highest BCUT2D eigenvalue weighted by molar-refractivity contribution is 8.23. The maximum atomic E-state index is 10.2. The second kappa shape index (κ2) is 5.57. The summed E-state index contributed by atoms with van der Waals surface area (Å²) in [4.78, 5) is 11.2. The first-order chi connectivity index (χ1) is 6.68. The number of carbonyl (C=O) groups is 1. The normalized spacial score (nSPS) is 10.3. The molecule has 1 aromatic rings. The first kappa shape index (κ1) is 10.9. The van der Waals surface area contributed by atoms with Gasteiger partial charge in [-0.05, 0) is 18.2 Å². The molecule has 0 amide bonds. The Labute approximate surface area is 91.6 Å². The largest absolute Gasteiger partial charge is 0.478 e. The van der Waals surface area contributed by atoms with Crippen molar-refractivity contribution in [2.24, 2.45) is 0 Å². The fourth-order valence-electron chi connectivity index (χ4n) is 0.778. The Balaban J connectivity index is 2.54. The predicted octanol–water partition coefficient (Wildman–Crippen LogP) is 2.75. The van der Waals surface area contributed by atoms with E-state index in [0.717, 1.165) is 11.0 Å². The lowest BCUT2D eigenvalue weighted by atomic mass is 10.4. The maximum absolute atomic E-state index is 10.2. The number of carboxylic acid groups (broad SMARTS) is 1. The summed E-state index contributed by atoms with van der Waals surface area (Å²) in [7, 11) is 0. The third-order valence-electron chi connectivity index (χ3n) is 1.32. The molecule has 4 heteroatoms. The zero-order valence-electron chi connectivity index (χ0n) is 7.21. The van der Waals surface area contributed by atoms with E-state index in [-0.39, 0.29) is 0 Å². The minimum Gasteiger partial charge on any atom is -0.478 e. The van der Waals surface area contributed by atoms with Gasteiger partial charge >= 0.3 is 5.97 Å². The van der Waals surface area contributed by atoms with Gasteiger partial charge in [-0.1, -0.05) is 42.2 Å². The summed E-state index contributed by atoms with van der Waals surface area (Å²) in [5, 5.41) is 8.37. The number of rotatable bonds is 3. The smallest absolute Gasteiger partial charge is 0.328 e. The zero-order valence-corrected chi connectivity index (χ0v) is 8.85.